The number of piperidine rings is 1. The van der Waals surface area contributed by atoms with Crippen LogP contribution >= 0.6 is 11.6 Å². The van der Waals surface area contributed by atoms with E-state index in [4.69, 9.17) is 16.3 Å². The zero-order valence-electron chi connectivity index (χ0n) is 22.9. The summed E-state index contributed by atoms with van der Waals surface area (Å²) in [5.41, 5.74) is 5.17. The molecule has 9 heteroatoms. The lowest BCUT2D eigenvalue weighted by Gasteiger charge is -2.43. The number of nitrogens with zero attached hydrogens (tertiary/aromatic N) is 7. The van der Waals surface area contributed by atoms with Gasteiger partial charge in [-0.15, -0.1) is 0 Å². The van der Waals surface area contributed by atoms with E-state index in [2.05, 4.69) is 62.0 Å². The summed E-state index contributed by atoms with van der Waals surface area (Å²) < 4.78 is 7.82. The van der Waals surface area contributed by atoms with Crippen LogP contribution in [0.4, 0.5) is 17.2 Å². The first-order chi connectivity index (χ1) is 19.0. The van der Waals surface area contributed by atoms with E-state index in [0.29, 0.717) is 6.04 Å². The van der Waals surface area contributed by atoms with Crippen molar-refractivity contribution in [3.63, 3.8) is 0 Å². The number of fused-ring (bicyclic) bond motifs is 1. The van der Waals surface area contributed by atoms with Crippen molar-refractivity contribution < 1.29 is 4.74 Å². The van der Waals surface area contributed by atoms with Gasteiger partial charge in [-0.3, -0.25) is 4.90 Å². The second-order valence-corrected chi connectivity index (χ2v) is 11.0. The van der Waals surface area contributed by atoms with E-state index >= 15 is 0 Å². The van der Waals surface area contributed by atoms with Gasteiger partial charge in [0, 0.05) is 67.8 Å². The third-order valence-electron chi connectivity index (χ3n) is 8.27. The molecule has 0 N–H and O–H groups in total. The zero-order valence-corrected chi connectivity index (χ0v) is 23.7. The van der Waals surface area contributed by atoms with Gasteiger partial charge in [0.1, 0.15) is 11.6 Å². The Kier molecular flexibility index (Phi) is 7.34. The van der Waals surface area contributed by atoms with Crippen LogP contribution in [0.15, 0.2) is 60.9 Å². The van der Waals surface area contributed by atoms with Gasteiger partial charge in [0.15, 0.2) is 5.65 Å². The fraction of sp³-hybridized carbons (Fsp3) is 0.400. The molecular weight excluding hydrogens is 510 g/mol. The van der Waals surface area contributed by atoms with Crippen molar-refractivity contribution in [2.45, 2.75) is 18.9 Å². The van der Waals surface area contributed by atoms with E-state index in [1.54, 1.807) is 13.3 Å². The molecule has 4 aromatic rings. The highest BCUT2D eigenvalue weighted by molar-refractivity contribution is 6.30. The Morgan fingerprint density at radius 3 is 2.49 bits per heavy atom. The van der Waals surface area contributed by atoms with Crippen LogP contribution in [0.1, 0.15) is 12.8 Å². The minimum Gasteiger partial charge on any atom is -0.495 e. The van der Waals surface area contributed by atoms with Crippen LogP contribution in [-0.4, -0.2) is 90.9 Å². The molecule has 204 valence electrons. The monoisotopic (exact) mass is 545 g/mol. The van der Waals surface area contributed by atoms with Crippen molar-refractivity contribution in [1.29, 1.82) is 0 Å². The molecule has 0 bridgehead atoms. The first-order valence-corrected chi connectivity index (χ1v) is 14.1. The normalized spacial score (nSPS) is 17.6. The van der Waals surface area contributed by atoms with Gasteiger partial charge in [0.2, 0.25) is 0 Å². The second kappa shape index (κ2) is 11.0. The maximum atomic E-state index is 6.45. The highest BCUT2D eigenvalue weighted by Gasteiger charge is 2.28. The molecule has 0 aliphatic carbocycles. The Hall–Kier alpha value is -3.33. The predicted octanol–water partition coefficient (Wildman–Crippen LogP) is 5.04. The number of methoxy groups -OCH3 is 1. The van der Waals surface area contributed by atoms with E-state index in [1.807, 2.05) is 41.0 Å². The minimum absolute atomic E-state index is 0.691. The second-order valence-electron chi connectivity index (χ2n) is 10.6. The summed E-state index contributed by atoms with van der Waals surface area (Å²) in [7, 11) is 6.01. The quantitative estimate of drug-likeness (QED) is 0.336. The molecule has 0 amide bonds. The number of anilines is 3. The van der Waals surface area contributed by atoms with Crippen molar-refractivity contribution in [1.82, 2.24) is 24.4 Å². The number of piperazine rings is 1. The number of rotatable bonds is 6. The summed E-state index contributed by atoms with van der Waals surface area (Å²) in [5, 5.41) is 5.23. The molecule has 0 saturated carbocycles. The summed E-state index contributed by atoms with van der Waals surface area (Å²) in [6.45, 7) is 6.48. The average molecular weight is 546 g/mol. The Bertz CT molecular complexity index is 1440. The van der Waals surface area contributed by atoms with Crippen LogP contribution in [0.3, 0.4) is 0 Å². The summed E-state index contributed by atoms with van der Waals surface area (Å²) in [5.74, 6) is 1.70. The molecule has 0 spiro atoms. The van der Waals surface area contributed by atoms with Crippen molar-refractivity contribution >= 4 is 34.4 Å². The average Bonchev–Trinajstić information content (AvgIpc) is 3.46. The molecule has 0 radical (unpaired) electrons. The number of ether oxygens (including phenoxy) is 1. The van der Waals surface area contributed by atoms with Crippen molar-refractivity contribution in [2.75, 3.05) is 70.3 Å². The van der Waals surface area contributed by atoms with Crippen molar-refractivity contribution in [3.05, 3.63) is 65.9 Å². The molecule has 6 rings (SSSR count). The smallest absolute Gasteiger partial charge is 0.157 e. The van der Waals surface area contributed by atoms with E-state index in [0.717, 1.165) is 65.2 Å². The molecule has 2 aliphatic heterocycles. The number of benzene rings is 2. The van der Waals surface area contributed by atoms with E-state index in [1.165, 1.54) is 31.6 Å². The van der Waals surface area contributed by atoms with Gasteiger partial charge in [-0.2, -0.15) is 9.61 Å². The molecule has 2 aromatic heterocycles. The van der Waals surface area contributed by atoms with Gasteiger partial charge in [-0.25, -0.2) is 4.98 Å². The van der Waals surface area contributed by atoms with Crippen LogP contribution in [0.5, 0.6) is 5.75 Å². The Morgan fingerprint density at radius 2 is 1.74 bits per heavy atom. The first-order valence-electron chi connectivity index (χ1n) is 13.7. The van der Waals surface area contributed by atoms with Crippen LogP contribution in [0, 0.1) is 0 Å². The SMILES string of the molecule is COc1cc(-c2cccc(Cl)c2)c(N2CCN(C3CCN(C)CC3)CC2)cc1N(C)c1ccnc2ccnn12. The van der Waals surface area contributed by atoms with Gasteiger partial charge < -0.3 is 19.4 Å². The fourth-order valence-corrected chi connectivity index (χ4v) is 6.21. The topological polar surface area (TPSA) is 52.4 Å². The lowest BCUT2D eigenvalue weighted by atomic mass is 9.99. The maximum Gasteiger partial charge on any atom is 0.157 e. The largest absolute Gasteiger partial charge is 0.495 e. The molecule has 2 fully saturated rings. The van der Waals surface area contributed by atoms with Crippen LogP contribution in [-0.2, 0) is 0 Å². The Balaban J connectivity index is 1.37. The molecule has 2 aliphatic rings. The molecule has 8 nitrogen and oxygen atoms in total. The Morgan fingerprint density at radius 1 is 0.949 bits per heavy atom. The molecule has 2 saturated heterocycles. The van der Waals surface area contributed by atoms with Crippen molar-refractivity contribution in [3.8, 4) is 16.9 Å². The van der Waals surface area contributed by atoms with E-state index in [9.17, 15) is 0 Å². The molecule has 2 aromatic carbocycles. The zero-order chi connectivity index (χ0) is 26.9. The number of likely N-dealkylation sites (tertiary alicyclic amines) is 1. The molecule has 0 unspecified atom stereocenters. The lowest BCUT2D eigenvalue weighted by molar-refractivity contribution is 0.115. The molecular formula is C30H36ClN7O. The van der Waals surface area contributed by atoms with Crippen LogP contribution < -0.4 is 14.5 Å². The van der Waals surface area contributed by atoms with E-state index < -0.39 is 0 Å². The predicted molar refractivity (Wildman–Crippen MR) is 159 cm³/mol. The third-order valence-corrected chi connectivity index (χ3v) is 8.50. The molecule has 39 heavy (non-hydrogen) atoms. The van der Waals surface area contributed by atoms with Gasteiger partial charge >= 0.3 is 0 Å². The fourth-order valence-electron chi connectivity index (χ4n) is 6.02. The van der Waals surface area contributed by atoms with Gasteiger partial charge in [0.25, 0.3) is 0 Å². The van der Waals surface area contributed by atoms with Gasteiger partial charge in [-0.1, -0.05) is 23.7 Å². The molecule has 4 heterocycles. The summed E-state index contributed by atoms with van der Waals surface area (Å²) in [6.07, 6.45) is 6.11. The Labute approximate surface area is 235 Å². The van der Waals surface area contributed by atoms with Crippen LogP contribution in [0.2, 0.25) is 5.02 Å². The number of halogens is 1. The van der Waals surface area contributed by atoms with Crippen molar-refractivity contribution in [2.24, 2.45) is 0 Å². The van der Waals surface area contributed by atoms with Gasteiger partial charge in [0.05, 0.1) is 19.0 Å². The lowest BCUT2D eigenvalue weighted by Crippen LogP contribution is -2.53. The van der Waals surface area contributed by atoms with E-state index in [-0.39, 0.29) is 0 Å². The van der Waals surface area contributed by atoms with Gasteiger partial charge in [-0.05, 0) is 68.9 Å². The summed E-state index contributed by atoms with van der Waals surface area (Å²) in [4.78, 5) is 14.2. The first kappa shape index (κ1) is 25.9. The highest BCUT2D eigenvalue weighted by Crippen LogP contribution is 2.43. The number of hydrogen-bond donors (Lipinski definition) is 0. The summed E-state index contributed by atoms with van der Waals surface area (Å²) >= 11 is 6.45. The minimum atomic E-state index is 0.691. The third kappa shape index (κ3) is 5.16. The number of aromatic nitrogens is 3. The summed E-state index contributed by atoms with van der Waals surface area (Å²) in [6, 6.07) is 17.1. The standard InChI is InChI=1S/C30H36ClN7O/c1-34-13-9-24(10-14-34)36-15-17-37(18-16-36)26-21-27(35(2)30-8-11-32-29-7-12-33-38(29)30)28(39-3)20-25(26)22-5-4-6-23(31)19-22/h4-8,11-12,19-21,24H,9-10,13-18H2,1-3H3. The molecule has 0 atom stereocenters. The van der Waals surface area contributed by atoms with Crippen LogP contribution in [0.25, 0.3) is 16.8 Å². The highest BCUT2D eigenvalue weighted by atomic mass is 35.5. The maximum absolute atomic E-state index is 6.45. The number of hydrogen-bond acceptors (Lipinski definition) is 7.